The van der Waals surface area contributed by atoms with Crippen LogP contribution < -0.4 is 10.6 Å². The van der Waals surface area contributed by atoms with Gasteiger partial charge in [0.2, 0.25) is 5.95 Å². The van der Waals surface area contributed by atoms with E-state index >= 15 is 0 Å². The summed E-state index contributed by atoms with van der Waals surface area (Å²) in [6.45, 7) is 2.70. The number of nitrogens with zero attached hydrogens (tertiary/aromatic N) is 3. The van der Waals surface area contributed by atoms with Gasteiger partial charge in [0.15, 0.2) is 0 Å². The fourth-order valence-electron chi connectivity index (χ4n) is 2.17. The molecular weight excluding hydrogens is 345 g/mol. The zero-order chi connectivity index (χ0) is 16.9. The van der Waals surface area contributed by atoms with Crippen LogP contribution in [-0.2, 0) is 0 Å². The Balaban J connectivity index is 1.98. The van der Waals surface area contributed by atoms with Crippen LogP contribution in [0.4, 0.5) is 17.5 Å². The van der Waals surface area contributed by atoms with Gasteiger partial charge in [-0.1, -0.05) is 29.3 Å². The molecule has 7 heteroatoms. The summed E-state index contributed by atoms with van der Waals surface area (Å²) in [5.74, 6) is 1.15. The summed E-state index contributed by atoms with van der Waals surface area (Å²) in [6, 6.07) is 12.8. The SMILES string of the molecule is CCNc1nc(Nc2cc(Cl)cc(Cl)c2)cc(-c2ccccn2)n1. The fraction of sp³-hybridized carbons (Fsp3) is 0.118. The molecule has 2 heterocycles. The molecule has 0 saturated heterocycles. The van der Waals surface area contributed by atoms with E-state index in [1.807, 2.05) is 31.2 Å². The van der Waals surface area contributed by atoms with Gasteiger partial charge < -0.3 is 10.6 Å². The van der Waals surface area contributed by atoms with Crippen LogP contribution in [0.1, 0.15) is 6.92 Å². The van der Waals surface area contributed by atoms with E-state index in [1.165, 1.54) is 0 Å². The van der Waals surface area contributed by atoms with Crippen molar-refractivity contribution < 1.29 is 0 Å². The van der Waals surface area contributed by atoms with Gasteiger partial charge in [-0.2, -0.15) is 4.98 Å². The summed E-state index contributed by atoms with van der Waals surface area (Å²) in [5, 5.41) is 7.43. The molecule has 0 aliphatic carbocycles. The Morgan fingerprint density at radius 1 is 0.958 bits per heavy atom. The maximum Gasteiger partial charge on any atom is 0.225 e. The second kappa shape index (κ2) is 7.47. The molecular formula is C17H15Cl2N5. The van der Waals surface area contributed by atoms with Gasteiger partial charge in [0.1, 0.15) is 5.82 Å². The molecule has 0 saturated carbocycles. The topological polar surface area (TPSA) is 62.7 Å². The van der Waals surface area contributed by atoms with E-state index in [4.69, 9.17) is 23.2 Å². The third-order valence-corrected chi connectivity index (χ3v) is 3.56. The number of rotatable bonds is 5. The molecule has 0 radical (unpaired) electrons. The molecule has 5 nitrogen and oxygen atoms in total. The molecule has 0 atom stereocenters. The number of benzene rings is 1. The summed E-state index contributed by atoms with van der Waals surface area (Å²) in [4.78, 5) is 13.3. The number of anilines is 3. The van der Waals surface area contributed by atoms with Crippen molar-refractivity contribution in [2.45, 2.75) is 6.92 Å². The van der Waals surface area contributed by atoms with Crippen LogP contribution in [0.2, 0.25) is 10.0 Å². The number of pyridine rings is 1. The van der Waals surface area contributed by atoms with Gasteiger partial charge in [0.25, 0.3) is 0 Å². The number of hydrogen-bond donors (Lipinski definition) is 2. The maximum atomic E-state index is 6.04. The van der Waals surface area contributed by atoms with Crippen molar-refractivity contribution in [3.05, 3.63) is 58.7 Å². The van der Waals surface area contributed by atoms with Crippen LogP contribution in [0.25, 0.3) is 11.4 Å². The first-order valence-electron chi connectivity index (χ1n) is 7.41. The number of nitrogens with one attached hydrogen (secondary N) is 2. The molecule has 0 fully saturated rings. The molecule has 0 bridgehead atoms. The van der Waals surface area contributed by atoms with Crippen molar-refractivity contribution >= 4 is 40.7 Å². The Bertz CT molecular complexity index is 819. The molecule has 2 aromatic heterocycles. The number of hydrogen-bond acceptors (Lipinski definition) is 5. The Morgan fingerprint density at radius 2 is 1.75 bits per heavy atom. The van der Waals surface area contributed by atoms with Crippen LogP contribution in [0.5, 0.6) is 0 Å². The highest BCUT2D eigenvalue weighted by Gasteiger charge is 2.08. The van der Waals surface area contributed by atoms with E-state index in [0.717, 1.165) is 17.1 Å². The van der Waals surface area contributed by atoms with Gasteiger partial charge >= 0.3 is 0 Å². The minimum absolute atomic E-state index is 0.524. The van der Waals surface area contributed by atoms with E-state index in [1.54, 1.807) is 24.4 Å². The normalized spacial score (nSPS) is 10.5. The molecule has 3 aromatic rings. The van der Waals surface area contributed by atoms with E-state index in [-0.39, 0.29) is 0 Å². The second-order valence-electron chi connectivity index (χ2n) is 4.99. The van der Waals surface area contributed by atoms with Gasteiger partial charge in [0.05, 0.1) is 11.4 Å². The largest absolute Gasteiger partial charge is 0.354 e. The van der Waals surface area contributed by atoms with Crippen molar-refractivity contribution in [1.29, 1.82) is 0 Å². The summed E-state index contributed by atoms with van der Waals surface area (Å²) in [5.41, 5.74) is 2.24. The van der Waals surface area contributed by atoms with Crippen LogP contribution in [0.3, 0.4) is 0 Å². The van der Waals surface area contributed by atoms with Crippen LogP contribution in [0.15, 0.2) is 48.7 Å². The van der Waals surface area contributed by atoms with E-state index in [2.05, 4.69) is 25.6 Å². The third kappa shape index (κ3) is 4.13. The fourth-order valence-corrected chi connectivity index (χ4v) is 2.69. The van der Waals surface area contributed by atoms with E-state index < -0.39 is 0 Å². The second-order valence-corrected chi connectivity index (χ2v) is 5.86. The first kappa shape index (κ1) is 16.5. The highest BCUT2D eigenvalue weighted by atomic mass is 35.5. The molecule has 0 spiro atoms. The van der Waals surface area contributed by atoms with Crippen molar-refractivity contribution in [2.24, 2.45) is 0 Å². The molecule has 0 amide bonds. The molecule has 24 heavy (non-hydrogen) atoms. The lowest BCUT2D eigenvalue weighted by atomic mass is 10.2. The summed E-state index contributed by atoms with van der Waals surface area (Å²) < 4.78 is 0. The van der Waals surface area contributed by atoms with Gasteiger partial charge in [-0.15, -0.1) is 0 Å². The zero-order valence-corrected chi connectivity index (χ0v) is 14.4. The first-order chi connectivity index (χ1) is 11.6. The Morgan fingerprint density at radius 3 is 2.42 bits per heavy atom. The first-order valence-corrected chi connectivity index (χ1v) is 8.17. The van der Waals surface area contributed by atoms with E-state index in [0.29, 0.717) is 28.4 Å². The predicted octanol–water partition coefficient (Wildman–Crippen LogP) is 5.02. The van der Waals surface area contributed by atoms with Gasteiger partial charge in [-0.3, -0.25) is 4.98 Å². The quantitative estimate of drug-likeness (QED) is 0.669. The molecule has 2 N–H and O–H groups in total. The van der Waals surface area contributed by atoms with Crippen molar-refractivity contribution in [3.63, 3.8) is 0 Å². The Kier molecular flexibility index (Phi) is 5.13. The highest BCUT2D eigenvalue weighted by Crippen LogP contribution is 2.26. The highest BCUT2D eigenvalue weighted by molar-refractivity contribution is 6.35. The lowest BCUT2D eigenvalue weighted by Gasteiger charge is -2.11. The average molecular weight is 360 g/mol. The smallest absolute Gasteiger partial charge is 0.225 e. The van der Waals surface area contributed by atoms with Crippen molar-refractivity contribution in [3.8, 4) is 11.4 Å². The van der Waals surface area contributed by atoms with E-state index in [9.17, 15) is 0 Å². The minimum atomic E-state index is 0.524. The van der Waals surface area contributed by atoms with Gasteiger partial charge in [-0.05, 0) is 37.3 Å². The Labute approximate surface area is 150 Å². The molecule has 0 unspecified atom stereocenters. The van der Waals surface area contributed by atoms with Crippen molar-refractivity contribution in [2.75, 3.05) is 17.2 Å². The lowest BCUT2D eigenvalue weighted by Crippen LogP contribution is -2.05. The molecule has 0 aliphatic rings. The van der Waals surface area contributed by atoms with Crippen LogP contribution in [-0.4, -0.2) is 21.5 Å². The van der Waals surface area contributed by atoms with Gasteiger partial charge in [0, 0.05) is 34.5 Å². The summed E-state index contributed by atoms with van der Waals surface area (Å²) in [6.07, 6.45) is 1.73. The Hall–Kier alpha value is -2.37. The molecule has 0 aliphatic heterocycles. The van der Waals surface area contributed by atoms with Crippen LogP contribution in [0, 0.1) is 0 Å². The van der Waals surface area contributed by atoms with Crippen LogP contribution >= 0.6 is 23.2 Å². The monoisotopic (exact) mass is 359 g/mol. The third-order valence-electron chi connectivity index (χ3n) is 3.12. The average Bonchev–Trinajstić information content (AvgIpc) is 2.55. The van der Waals surface area contributed by atoms with Crippen molar-refractivity contribution in [1.82, 2.24) is 15.0 Å². The minimum Gasteiger partial charge on any atom is -0.354 e. The zero-order valence-electron chi connectivity index (χ0n) is 12.9. The number of aromatic nitrogens is 3. The maximum absolute atomic E-state index is 6.04. The molecule has 3 rings (SSSR count). The molecule has 1 aromatic carbocycles. The number of halogens is 2. The molecule has 122 valence electrons. The summed E-state index contributed by atoms with van der Waals surface area (Å²) >= 11 is 12.1. The standard InChI is InChI=1S/C17H15Cl2N5/c1-2-20-17-23-15(14-5-3-4-6-21-14)10-16(24-17)22-13-8-11(18)7-12(19)9-13/h3-10H,2H2,1H3,(H2,20,22,23,24). The lowest BCUT2D eigenvalue weighted by molar-refractivity contribution is 1.08. The predicted molar refractivity (Wildman–Crippen MR) is 99.2 cm³/mol. The summed E-state index contributed by atoms with van der Waals surface area (Å²) in [7, 11) is 0. The van der Waals surface area contributed by atoms with Gasteiger partial charge in [-0.25, -0.2) is 4.98 Å².